The molecule has 1 aromatic heterocycles. The molecule has 0 N–H and O–H groups in total. The summed E-state index contributed by atoms with van der Waals surface area (Å²) in [5, 5.41) is 5.71. The summed E-state index contributed by atoms with van der Waals surface area (Å²) in [4.78, 5) is 0. The van der Waals surface area contributed by atoms with Crippen LogP contribution in [-0.4, -0.2) is 13.8 Å². The Bertz CT molecular complexity index is 865. The zero-order valence-electron chi connectivity index (χ0n) is 11.5. The molecule has 0 fully saturated rings. The number of benzene rings is 2. The lowest BCUT2D eigenvalue weighted by molar-refractivity contribution is 0.684. The number of nitrogens with zero attached hydrogens (tertiary/aromatic N) is 2. The lowest BCUT2D eigenvalue weighted by atomic mass is 10.2. The molecule has 3 aromatic rings. The van der Waals surface area contributed by atoms with Gasteiger partial charge in [0.2, 0.25) is 0 Å². The quantitative estimate of drug-likeness (QED) is 0.580. The molecule has 0 aliphatic heterocycles. The average Bonchev–Trinajstić information content (AvgIpc) is 2.99. The molecule has 1 heterocycles. The third kappa shape index (κ3) is 3.92. The van der Waals surface area contributed by atoms with Crippen LogP contribution >= 0.6 is 46.3 Å². The van der Waals surface area contributed by atoms with E-state index in [1.165, 1.54) is 0 Å². The molecule has 0 bridgehead atoms. The van der Waals surface area contributed by atoms with Crippen molar-refractivity contribution in [1.29, 1.82) is 0 Å². The molecular formula is C15H9Cl3N2OS2. The molecule has 0 radical (unpaired) electrons. The van der Waals surface area contributed by atoms with Gasteiger partial charge in [-0.05, 0) is 47.4 Å². The number of hydrogen-bond acceptors (Lipinski definition) is 4. The van der Waals surface area contributed by atoms with Crippen LogP contribution in [-0.2, 0) is 16.6 Å². The summed E-state index contributed by atoms with van der Waals surface area (Å²) < 4.78 is 17.2. The van der Waals surface area contributed by atoms with Crippen molar-refractivity contribution in [2.75, 3.05) is 0 Å². The lowest BCUT2D eigenvalue weighted by Gasteiger charge is -2.05. The van der Waals surface area contributed by atoms with Gasteiger partial charge in [-0.25, -0.2) is 0 Å². The molecule has 23 heavy (non-hydrogen) atoms. The van der Waals surface area contributed by atoms with Crippen molar-refractivity contribution in [3.05, 3.63) is 63.1 Å². The topological polar surface area (TPSA) is 42.9 Å². The summed E-state index contributed by atoms with van der Waals surface area (Å²) in [5.74, 6) is 0.360. The molecule has 0 unspecified atom stereocenters. The van der Waals surface area contributed by atoms with Gasteiger partial charge in [-0.1, -0.05) is 51.4 Å². The number of hydrogen-bond donors (Lipinski definition) is 0. The van der Waals surface area contributed by atoms with Gasteiger partial charge in [0.05, 0.1) is 21.6 Å². The molecule has 0 saturated heterocycles. The van der Waals surface area contributed by atoms with Crippen LogP contribution in [0.15, 0.2) is 46.7 Å². The largest absolute Gasteiger partial charge is 0.253 e. The standard InChI is InChI=1S/C15H9Cl3N2OS2/c16-10-3-1-9(2-4-10)8-23(21)15-14(19-20-22-15)12-6-5-11(17)7-13(12)18/h1-7H,8H2/t23-/m0/s1. The molecule has 0 amide bonds. The van der Waals surface area contributed by atoms with Crippen molar-refractivity contribution in [3.8, 4) is 11.3 Å². The van der Waals surface area contributed by atoms with Gasteiger partial charge in [0, 0.05) is 15.6 Å². The Kier molecular flexibility index (Phi) is 5.34. The predicted molar refractivity (Wildman–Crippen MR) is 96.9 cm³/mol. The first-order valence-electron chi connectivity index (χ1n) is 6.45. The maximum atomic E-state index is 12.7. The average molecular weight is 404 g/mol. The second-order valence-electron chi connectivity index (χ2n) is 4.65. The molecule has 3 nitrogen and oxygen atoms in total. The molecule has 3 rings (SSSR count). The van der Waals surface area contributed by atoms with Gasteiger partial charge in [0.25, 0.3) is 0 Å². The Labute approximate surface area is 154 Å². The number of rotatable bonds is 4. The molecule has 0 spiro atoms. The van der Waals surface area contributed by atoms with Crippen molar-refractivity contribution in [3.63, 3.8) is 0 Å². The third-order valence-corrected chi connectivity index (χ3v) is 6.37. The summed E-state index contributed by atoms with van der Waals surface area (Å²) in [6.45, 7) is 0. The van der Waals surface area contributed by atoms with Crippen molar-refractivity contribution in [1.82, 2.24) is 9.59 Å². The first kappa shape index (κ1) is 16.9. The van der Waals surface area contributed by atoms with Crippen molar-refractivity contribution in [2.24, 2.45) is 0 Å². The Hall–Kier alpha value is -0.980. The van der Waals surface area contributed by atoms with Gasteiger partial charge in [0.1, 0.15) is 9.90 Å². The highest BCUT2D eigenvalue weighted by atomic mass is 35.5. The van der Waals surface area contributed by atoms with E-state index < -0.39 is 10.8 Å². The van der Waals surface area contributed by atoms with Crippen LogP contribution in [0.3, 0.4) is 0 Å². The van der Waals surface area contributed by atoms with E-state index >= 15 is 0 Å². The first-order chi connectivity index (χ1) is 11.0. The molecule has 0 aliphatic carbocycles. The van der Waals surface area contributed by atoms with E-state index in [1.54, 1.807) is 30.3 Å². The highest BCUT2D eigenvalue weighted by Crippen LogP contribution is 2.34. The van der Waals surface area contributed by atoms with E-state index in [9.17, 15) is 4.21 Å². The minimum atomic E-state index is -1.28. The van der Waals surface area contributed by atoms with Gasteiger partial charge >= 0.3 is 0 Å². The van der Waals surface area contributed by atoms with Gasteiger partial charge in [-0.2, -0.15) is 0 Å². The van der Waals surface area contributed by atoms with Crippen LogP contribution in [0.25, 0.3) is 11.3 Å². The van der Waals surface area contributed by atoms with E-state index in [4.69, 9.17) is 34.8 Å². The molecule has 0 saturated carbocycles. The zero-order valence-corrected chi connectivity index (χ0v) is 15.4. The van der Waals surface area contributed by atoms with E-state index in [0.717, 1.165) is 17.1 Å². The van der Waals surface area contributed by atoms with E-state index in [1.807, 2.05) is 12.1 Å². The fourth-order valence-corrected chi connectivity index (χ4v) is 4.63. The minimum Gasteiger partial charge on any atom is -0.253 e. The van der Waals surface area contributed by atoms with Gasteiger partial charge in [0.15, 0.2) is 0 Å². The first-order valence-corrected chi connectivity index (χ1v) is 9.68. The Morgan fingerprint density at radius 1 is 1.00 bits per heavy atom. The Morgan fingerprint density at radius 2 is 1.70 bits per heavy atom. The van der Waals surface area contributed by atoms with Crippen molar-refractivity contribution >= 4 is 57.1 Å². The van der Waals surface area contributed by atoms with Crippen molar-refractivity contribution in [2.45, 2.75) is 9.96 Å². The van der Waals surface area contributed by atoms with Crippen LogP contribution in [0.4, 0.5) is 0 Å². The van der Waals surface area contributed by atoms with Gasteiger partial charge in [-0.3, -0.25) is 4.21 Å². The van der Waals surface area contributed by atoms with Crippen LogP contribution < -0.4 is 0 Å². The Balaban J connectivity index is 1.91. The highest BCUT2D eigenvalue weighted by Gasteiger charge is 2.19. The second-order valence-corrected chi connectivity index (χ2v) is 8.33. The summed E-state index contributed by atoms with van der Waals surface area (Å²) in [5.41, 5.74) is 2.13. The fraction of sp³-hybridized carbons (Fsp3) is 0.0667. The summed E-state index contributed by atoms with van der Waals surface area (Å²) in [6, 6.07) is 12.3. The summed E-state index contributed by atoms with van der Waals surface area (Å²) in [7, 11) is -1.28. The number of halogens is 3. The van der Waals surface area contributed by atoms with Gasteiger partial charge < -0.3 is 0 Å². The maximum absolute atomic E-state index is 12.7. The van der Waals surface area contributed by atoms with E-state index in [2.05, 4.69) is 9.59 Å². The van der Waals surface area contributed by atoms with Crippen LogP contribution in [0.1, 0.15) is 5.56 Å². The van der Waals surface area contributed by atoms with Crippen LogP contribution in [0.5, 0.6) is 0 Å². The normalized spacial score (nSPS) is 12.3. The van der Waals surface area contributed by atoms with Crippen LogP contribution in [0, 0.1) is 0 Å². The third-order valence-electron chi connectivity index (χ3n) is 3.06. The van der Waals surface area contributed by atoms with E-state index in [0.29, 0.717) is 36.3 Å². The molecule has 8 heteroatoms. The zero-order chi connectivity index (χ0) is 16.4. The SMILES string of the molecule is O=[S@@](Cc1ccc(Cl)cc1)c1snnc1-c1ccc(Cl)cc1Cl. The summed E-state index contributed by atoms with van der Waals surface area (Å²) >= 11 is 19.1. The van der Waals surface area contributed by atoms with Crippen molar-refractivity contribution < 1.29 is 4.21 Å². The molecule has 118 valence electrons. The minimum absolute atomic E-state index is 0.360. The fourth-order valence-electron chi connectivity index (χ4n) is 1.97. The predicted octanol–water partition coefficient (Wildman–Crippen LogP) is 5.47. The number of aromatic nitrogens is 2. The molecular weight excluding hydrogens is 395 g/mol. The van der Waals surface area contributed by atoms with E-state index in [-0.39, 0.29) is 0 Å². The van der Waals surface area contributed by atoms with Crippen LogP contribution in [0.2, 0.25) is 15.1 Å². The highest BCUT2D eigenvalue weighted by molar-refractivity contribution is 7.86. The monoisotopic (exact) mass is 402 g/mol. The summed E-state index contributed by atoms with van der Waals surface area (Å²) in [6.07, 6.45) is 0. The molecule has 0 aliphatic rings. The second kappa shape index (κ2) is 7.28. The smallest absolute Gasteiger partial charge is 0.140 e. The maximum Gasteiger partial charge on any atom is 0.140 e. The van der Waals surface area contributed by atoms with Gasteiger partial charge in [-0.15, -0.1) is 5.10 Å². The Morgan fingerprint density at radius 3 is 2.39 bits per heavy atom. The lowest BCUT2D eigenvalue weighted by Crippen LogP contribution is -1.96. The molecule has 1 atom stereocenters. The molecule has 2 aromatic carbocycles.